The Hall–Kier alpha value is -5.34. The molecular formula is C40H29NO. The lowest BCUT2D eigenvalue weighted by atomic mass is 9.92. The standard InChI is InChI=1S/C40H29NO/c1-2-10-28(11-3-1)29-20-22-30(23-21-29)31-24-26-33(27-25-31)41(37-17-8-13-32-12-4-5-14-34(32)37)38-18-9-16-36-35-15-6-7-19-39(35)42-40(36)38/h1-14,16-27,35H,15H2. The monoisotopic (exact) mass is 539 g/mol. The van der Waals surface area contributed by atoms with Crippen LogP contribution in [0, 0.1) is 0 Å². The van der Waals surface area contributed by atoms with E-state index in [1.165, 1.54) is 38.6 Å². The smallest absolute Gasteiger partial charge is 0.154 e. The number of allylic oxidation sites excluding steroid dienone is 4. The lowest BCUT2D eigenvalue weighted by Crippen LogP contribution is -2.11. The number of para-hydroxylation sites is 1. The summed E-state index contributed by atoms with van der Waals surface area (Å²) < 4.78 is 6.59. The molecule has 1 unspecified atom stereocenters. The van der Waals surface area contributed by atoms with Gasteiger partial charge in [-0.2, -0.15) is 0 Å². The van der Waals surface area contributed by atoms with Crippen molar-refractivity contribution in [1.29, 1.82) is 0 Å². The molecule has 200 valence electrons. The second-order valence-corrected chi connectivity index (χ2v) is 10.9. The third-order valence-corrected chi connectivity index (χ3v) is 8.43. The number of anilines is 3. The van der Waals surface area contributed by atoms with Crippen LogP contribution in [0.15, 0.2) is 164 Å². The lowest BCUT2D eigenvalue weighted by Gasteiger charge is -2.28. The van der Waals surface area contributed by atoms with E-state index in [2.05, 4.69) is 163 Å². The van der Waals surface area contributed by atoms with Gasteiger partial charge in [-0.05, 0) is 64.4 Å². The first-order valence-electron chi connectivity index (χ1n) is 14.5. The first kappa shape index (κ1) is 24.5. The molecule has 0 saturated heterocycles. The summed E-state index contributed by atoms with van der Waals surface area (Å²) in [4.78, 5) is 2.36. The van der Waals surface area contributed by atoms with Crippen LogP contribution >= 0.6 is 0 Å². The normalized spacial score (nSPS) is 15.0. The van der Waals surface area contributed by atoms with Crippen molar-refractivity contribution in [3.63, 3.8) is 0 Å². The first-order valence-corrected chi connectivity index (χ1v) is 14.5. The minimum absolute atomic E-state index is 0.278. The van der Waals surface area contributed by atoms with Crippen molar-refractivity contribution >= 4 is 27.8 Å². The lowest BCUT2D eigenvalue weighted by molar-refractivity contribution is 0.426. The molecule has 1 aliphatic heterocycles. The molecule has 2 nitrogen and oxygen atoms in total. The molecule has 6 aromatic rings. The van der Waals surface area contributed by atoms with Crippen molar-refractivity contribution < 1.29 is 4.74 Å². The first-order chi connectivity index (χ1) is 20.8. The maximum Gasteiger partial charge on any atom is 0.154 e. The van der Waals surface area contributed by atoms with Gasteiger partial charge in [-0.1, -0.05) is 127 Å². The zero-order valence-electron chi connectivity index (χ0n) is 23.2. The van der Waals surface area contributed by atoms with Crippen LogP contribution in [0.3, 0.4) is 0 Å². The largest absolute Gasteiger partial charge is 0.459 e. The SMILES string of the molecule is C1=CCC2C(=C1)Oc1c2cccc1N(c1ccc(-c2ccc(-c3ccccc3)cc2)cc1)c1cccc2ccccc12. The predicted octanol–water partition coefficient (Wildman–Crippen LogP) is 11.0. The summed E-state index contributed by atoms with van der Waals surface area (Å²) >= 11 is 0. The Kier molecular flexibility index (Phi) is 5.97. The van der Waals surface area contributed by atoms with Gasteiger partial charge in [-0.15, -0.1) is 0 Å². The number of hydrogen-bond donors (Lipinski definition) is 0. The minimum Gasteiger partial charge on any atom is -0.459 e. The third kappa shape index (κ3) is 4.20. The van der Waals surface area contributed by atoms with E-state index in [1.54, 1.807) is 0 Å². The van der Waals surface area contributed by atoms with Gasteiger partial charge in [0.05, 0.1) is 11.4 Å². The van der Waals surface area contributed by atoms with Crippen molar-refractivity contribution in [2.45, 2.75) is 12.3 Å². The number of benzene rings is 6. The van der Waals surface area contributed by atoms with Gasteiger partial charge in [0.1, 0.15) is 5.76 Å². The molecule has 1 heterocycles. The molecule has 0 fully saturated rings. The van der Waals surface area contributed by atoms with Gasteiger partial charge >= 0.3 is 0 Å². The van der Waals surface area contributed by atoms with Crippen molar-refractivity contribution in [2.75, 3.05) is 4.90 Å². The summed E-state index contributed by atoms with van der Waals surface area (Å²) in [6, 6.07) is 49.9. The Morgan fingerprint density at radius 1 is 0.548 bits per heavy atom. The molecule has 8 rings (SSSR count). The van der Waals surface area contributed by atoms with Crippen LogP contribution in [-0.4, -0.2) is 0 Å². The van der Waals surface area contributed by atoms with Gasteiger partial charge in [0.2, 0.25) is 0 Å². The van der Waals surface area contributed by atoms with Crippen LogP contribution in [0.25, 0.3) is 33.0 Å². The summed E-state index contributed by atoms with van der Waals surface area (Å²) in [5.74, 6) is 2.26. The van der Waals surface area contributed by atoms with Crippen LogP contribution in [0.4, 0.5) is 17.1 Å². The van der Waals surface area contributed by atoms with Gasteiger partial charge in [0, 0.05) is 22.6 Å². The van der Waals surface area contributed by atoms with Crippen molar-refractivity contribution in [2.24, 2.45) is 0 Å². The Labute approximate surface area is 246 Å². The molecule has 0 saturated carbocycles. The fourth-order valence-corrected chi connectivity index (χ4v) is 6.32. The highest BCUT2D eigenvalue weighted by atomic mass is 16.5. The molecule has 2 heteroatoms. The Morgan fingerprint density at radius 2 is 1.17 bits per heavy atom. The zero-order valence-corrected chi connectivity index (χ0v) is 23.2. The van der Waals surface area contributed by atoms with E-state index in [4.69, 9.17) is 4.74 Å². The van der Waals surface area contributed by atoms with E-state index < -0.39 is 0 Å². The highest BCUT2D eigenvalue weighted by Crippen LogP contribution is 2.52. The summed E-state index contributed by atoms with van der Waals surface area (Å²) in [6.07, 6.45) is 7.41. The van der Waals surface area contributed by atoms with Crippen molar-refractivity contribution in [3.8, 4) is 28.0 Å². The highest BCUT2D eigenvalue weighted by molar-refractivity contribution is 6.00. The Morgan fingerprint density at radius 3 is 1.95 bits per heavy atom. The average molecular weight is 540 g/mol. The average Bonchev–Trinajstić information content (AvgIpc) is 3.45. The third-order valence-electron chi connectivity index (χ3n) is 8.43. The van der Waals surface area contributed by atoms with Gasteiger partial charge in [-0.3, -0.25) is 0 Å². The molecule has 1 atom stereocenters. The quantitative estimate of drug-likeness (QED) is 0.216. The number of rotatable bonds is 5. The van der Waals surface area contributed by atoms with Crippen LogP contribution in [0.2, 0.25) is 0 Å². The molecule has 42 heavy (non-hydrogen) atoms. The van der Waals surface area contributed by atoms with Crippen molar-refractivity contribution in [1.82, 2.24) is 0 Å². The van der Waals surface area contributed by atoms with E-state index in [-0.39, 0.29) is 5.92 Å². The fourth-order valence-electron chi connectivity index (χ4n) is 6.32. The molecule has 2 aliphatic rings. The van der Waals surface area contributed by atoms with E-state index in [9.17, 15) is 0 Å². The van der Waals surface area contributed by atoms with Gasteiger partial charge in [0.25, 0.3) is 0 Å². The van der Waals surface area contributed by atoms with Crippen LogP contribution in [-0.2, 0) is 0 Å². The van der Waals surface area contributed by atoms with E-state index in [0.29, 0.717) is 0 Å². The second-order valence-electron chi connectivity index (χ2n) is 10.9. The maximum atomic E-state index is 6.59. The predicted molar refractivity (Wildman–Crippen MR) is 175 cm³/mol. The molecule has 0 aromatic heterocycles. The summed E-state index contributed by atoms with van der Waals surface area (Å²) in [5.41, 5.74) is 9.37. The van der Waals surface area contributed by atoms with Crippen LogP contribution in [0.1, 0.15) is 17.9 Å². The number of ether oxygens (including phenoxy) is 1. The van der Waals surface area contributed by atoms with Gasteiger partial charge in [-0.25, -0.2) is 0 Å². The van der Waals surface area contributed by atoms with E-state index >= 15 is 0 Å². The highest BCUT2D eigenvalue weighted by Gasteiger charge is 2.33. The molecule has 6 aromatic carbocycles. The molecular weight excluding hydrogens is 510 g/mol. The molecule has 0 spiro atoms. The molecule has 0 amide bonds. The van der Waals surface area contributed by atoms with Crippen LogP contribution < -0.4 is 9.64 Å². The van der Waals surface area contributed by atoms with E-state index in [0.717, 1.165) is 35.0 Å². The Bertz CT molecular complexity index is 1960. The molecule has 0 bridgehead atoms. The number of nitrogens with zero attached hydrogens (tertiary/aromatic N) is 1. The van der Waals surface area contributed by atoms with Gasteiger partial charge in [0.15, 0.2) is 5.75 Å². The summed E-state index contributed by atoms with van der Waals surface area (Å²) in [6.45, 7) is 0. The fraction of sp³-hybridized carbons (Fsp3) is 0.0500. The second kappa shape index (κ2) is 10.2. The Balaban J connectivity index is 1.23. The minimum atomic E-state index is 0.278. The molecule has 0 radical (unpaired) electrons. The molecule has 0 N–H and O–H groups in total. The zero-order chi connectivity index (χ0) is 27.9. The van der Waals surface area contributed by atoms with Crippen LogP contribution in [0.5, 0.6) is 5.75 Å². The van der Waals surface area contributed by atoms with Gasteiger partial charge < -0.3 is 9.64 Å². The van der Waals surface area contributed by atoms with E-state index in [1.807, 2.05) is 0 Å². The summed E-state index contributed by atoms with van der Waals surface area (Å²) in [7, 11) is 0. The summed E-state index contributed by atoms with van der Waals surface area (Å²) in [5, 5.41) is 2.42. The topological polar surface area (TPSA) is 12.5 Å². The molecule has 1 aliphatic carbocycles. The maximum absolute atomic E-state index is 6.59. The number of hydrogen-bond acceptors (Lipinski definition) is 2. The number of fused-ring (bicyclic) bond motifs is 4. The van der Waals surface area contributed by atoms with Crippen molar-refractivity contribution in [3.05, 3.63) is 169 Å².